The molecule has 3 rings (SSSR count). The fourth-order valence-corrected chi connectivity index (χ4v) is 1.65. The van der Waals surface area contributed by atoms with Gasteiger partial charge in [0, 0.05) is 23.3 Å². The third-order valence-corrected chi connectivity index (χ3v) is 2.30. The van der Waals surface area contributed by atoms with Crippen LogP contribution >= 0.6 is 0 Å². The van der Waals surface area contributed by atoms with Crippen LogP contribution in [0.25, 0.3) is 22.1 Å². The molecule has 0 aliphatic rings. The van der Waals surface area contributed by atoms with Crippen molar-refractivity contribution < 1.29 is 0 Å². The number of nitrogens with two attached hydrogens (primary N) is 1. The molecule has 0 spiro atoms. The zero-order valence-corrected chi connectivity index (χ0v) is 11.6. The SMILES string of the molecule is CC.CC.Nc1cc(=O)[nH]c2[nH]cnc3ncc1c32. The van der Waals surface area contributed by atoms with Crippen LogP contribution in [0.3, 0.4) is 0 Å². The van der Waals surface area contributed by atoms with Crippen LogP contribution < -0.4 is 11.3 Å². The highest BCUT2D eigenvalue weighted by atomic mass is 16.1. The van der Waals surface area contributed by atoms with Crippen molar-refractivity contribution in [3.8, 4) is 0 Å². The van der Waals surface area contributed by atoms with E-state index in [9.17, 15) is 4.79 Å². The van der Waals surface area contributed by atoms with Crippen LogP contribution in [0.1, 0.15) is 27.7 Å². The van der Waals surface area contributed by atoms with Crippen LogP contribution in [0.15, 0.2) is 23.4 Å². The Morgan fingerprint density at radius 2 is 1.84 bits per heavy atom. The van der Waals surface area contributed by atoms with Gasteiger partial charge in [-0.3, -0.25) is 4.79 Å². The number of nitrogens with zero attached hydrogens (tertiary/aromatic N) is 2. The van der Waals surface area contributed by atoms with Crippen molar-refractivity contribution in [3.63, 3.8) is 0 Å². The van der Waals surface area contributed by atoms with E-state index in [1.165, 1.54) is 12.4 Å². The van der Waals surface area contributed by atoms with E-state index in [0.717, 1.165) is 10.8 Å². The molecule has 0 radical (unpaired) electrons. The Labute approximate surface area is 111 Å². The monoisotopic (exact) mass is 261 g/mol. The summed E-state index contributed by atoms with van der Waals surface area (Å²) in [6, 6.07) is 1.34. The Balaban J connectivity index is 0.000000415. The van der Waals surface area contributed by atoms with E-state index >= 15 is 0 Å². The van der Waals surface area contributed by atoms with E-state index in [0.29, 0.717) is 17.0 Å². The molecule has 0 aliphatic carbocycles. The van der Waals surface area contributed by atoms with E-state index in [-0.39, 0.29) is 5.56 Å². The van der Waals surface area contributed by atoms with Gasteiger partial charge in [-0.15, -0.1) is 0 Å². The summed E-state index contributed by atoms with van der Waals surface area (Å²) in [5.74, 6) is 0. The number of anilines is 1. The molecule has 0 atom stereocenters. The van der Waals surface area contributed by atoms with Gasteiger partial charge in [-0.1, -0.05) is 27.7 Å². The topological polar surface area (TPSA) is 100 Å². The van der Waals surface area contributed by atoms with Crippen LogP contribution in [0.4, 0.5) is 5.69 Å². The van der Waals surface area contributed by atoms with Crippen LogP contribution in [0.5, 0.6) is 0 Å². The number of nitrogens with one attached hydrogen (secondary N) is 2. The van der Waals surface area contributed by atoms with E-state index in [4.69, 9.17) is 5.73 Å². The normalized spacial score (nSPS) is 9.47. The lowest BCUT2D eigenvalue weighted by atomic mass is 10.2. The molecule has 0 saturated carbocycles. The molecule has 0 saturated heterocycles. The van der Waals surface area contributed by atoms with Crippen molar-refractivity contribution in [2.24, 2.45) is 0 Å². The van der Waals surface area contributed by atoms with Crippen molar-refractivity contribution in [2.75, 3.05) is 5.73 Å². The van der Waals surface area contributed by atoms with Gasteiger partial charge in [0.25, 0.3) is 5.56 Å². The molecule has 19 heavy (non-hydrogen) atoms. The molecule has 6 nitrogen and oxygen atoms in total. The number of nitrogen functional groups attached to an aromatic ring is 1. The molecule has 0 aromatic carbocycles. The number of aromatic amines is 2. The summed E-state index contributed by atoms with van der Waals surface area (Å²) in [5.41, 5.74) is 7.04. The van der Waals surface area contributed by atoms with E-state index in [1.54, 1.807) is 6.20 Å². The number of aromatic nitrogens is 4. The number of hydrogen-bond acceptors (Lipinski definition) is 4. The Kier molecular flexibility index (Phi) is 5.05. The van der Waals surface area contributed by atoms with Gasteiger partial charge in [-0.25, -0.2) is 9.97 Å². The first-order valence-corrected chi connectivity index (χ1v) is 6.36. The Bertz CT molecular complexity index is 714. The first kappa shape index (κ1) is 14.7. The number of hydrogen-bond donors (Lipinski definition) is 3. The predicted molar refractivity (Wildman–Crippen MR) is 79.1 cm³/mol. The first-order valence-electron chi connectivity index (χ1n) is 6.36. The van der Waals surface area contributed by atoms with Crippen molar-refractivity contribution in [1.82, 2.24) is 19.9 Å². The third kappa shape index (κ3) is 2.73. The minimum atomic E-state index is -0.257. The predicted octanol–water partition coefficient (Wildman–Crippen LogP) is 2.43. The van der Waals surface area contributed by atoms with Crippen molar-refractivity contribution >= 4 is 27.8 Å². The molecule has 3 heterocycles. The maximum Gasteiger partial charge on any atom is 0.251 e. The molecule has 6 heteroatoms. The van der Waals surface area contributed by atoms with E-state index in [2.05, 4.69) is 19.9 Å². The van der Waals surface area contributed by atoms with Crippen LogP contribution in [-0.2, 0) is 0 Å². The lowest BCUT2D eigenvalue weighted by Gasteiger charge is -1.91. The average molecular weight is 261 g/mol. The highest BCUT2D eigenvalue weighted by molar-refractivity contribution is 6.08. The Hall–Kier alpha value is -2.37. The zero-order chi connectivity index (χ0) is 14.4. The summed E-state index contributed by atoms with van der Waals surface area (Å²) < 4.78 is 0. The summed E-state index contributed by atoms with van der Waals surface area (Å²) in [6.07, 6.45) is 3.09. The van der Waals surface area contributed by atoms with Gasteiger partial charge in [0.2, 0.25) is 0 Å². The summed E-state index contributed by atoms with van der Waals surface area (Å²) in [6.45, 7) is 8.00. The standard InChI is InChI=1S/C9H7N5O.2C2H6/c10-5-1-6(15)14-9-7-4(5)2-11-8(7)12-3-13-9;2*1-2/h1-3H,10H2,(H2,11,12,13,14,15);2*1-2H3. The minimum Gasteiger partial charge on any atom is -0.398 e. The van der Waals surface area contributed by atoms with Crippen molar-refractivity contribution in [2.45, 2.75) is 27.7 Å². The Morgan fingerprint density at radius 3 is 2.53 bits per heavy atom. The molecule has 3 aromatic heterocycles. The maximum atomic E-state index is 11.4. The highest BCUT2D eigenvalue weighted by Gasteiger charge is 2.08. The molecular formula is C13H19N5O. The fraction of sp³-hybridized carbons (Fsp3) is 0.308. The highest BCUT2D eigenvalue weighted by Crippen LogP contribution is 2.23. The number of H-pyrrole nitrogens is 2. The summed E-state index contributed by atoms with van der Waals surface area (Å²) >= 11 is 0. The Morgan fingerprint density at radius 1 is 1.16 bits per heavy atom. The molecule has 0 aliphatic heterocycles. The lowest BCUT2D eigenvalue weighted by molar-refractivity contribution is 1.18. The van der Waals surface area contributed by atoms with Gasteiger partial charge in [0.1, 0.15) is 5.65 Å². The van der Waals surface area contributed by atoms with Crippen LogP contribution in [0, 0.1) is 0 Å². The second kappa shape index (κ2) is 6.53. The smallest absolute Gasteiger partial charge is 0.251 e. The summed E-state index contributed by atoms with van der Waals surface area (Å²) in [7, 11) is 0. The molecule has 3 aromatic rings. The molecular weight excluding hydrogens is 242 g/mol. The van der Waals surface area contributed by atoms with Crippen molar-refractivity contribution in [3.05, 3.63) is 28.9 Å². The first-order chi connectivity index (χ1) is 9.25. The molecule has 0 bridgehead atoms. The van der Waals surface area contributed by atoms with Crippen molar-refractivity contribution in [1.29, 1.82) is 0 Å². The van der Waals surface area contributed by atoms with Gasteiger partial charge in [-0.2, -0.15) is 0 Å². The average Bonchev–Trinajstić information content (AvgIpc) is 2.83. The maximum absolute atomic E-state index is 11.4. The van der Waals surface area contributed by atoms with Gasteiger partial charge >= 0.3 is 0 Å². The molecule has 0 unspecified atom stereocenters. The minimum absolute atomic E-state index is 0.257. The van der Waals surface area contributed by atoms with Crippen LogP contribution in [-0.4, -0.2) is 19.9 Å². The van der Waals surface area contributed by atoms with E-state index in [1.807, 2.05) is 27.7 Å². The molecule has 0 fully saturated rings. The summed E-state index contributed by atoms with van der Waals surface area (Å²) in [4.78, 5) is 25.1. The second-order valence-electron chi connectivity index (χ2n) is 3.24. The van der Waals surface area contributed by atoms with Gasteiger partial charge in [-0.05, 0) is 0 Å². The number of rotatable bonds is 0. The zero-order valence-electron chi connectivity index (χ0n) is 11.6. The molecule has 102 valence electrons. The molecule has 0 amide bonds. The quantitative estimate of drug-likeness (QED) is 0.578. The van der Waals surface area contributed by atoms with Gasteiger partial charge < -0.3 is 15.7 Å². The second-order valence-corrected chi connectivity index (χ2v) is 3.24. The van der Waals surface area contributed by atoms with Gasteiger partial charge in [0.15, 0.2) is 5.65 Å². The molecule has 4 N–H and O–H groups in total. The van der Waals surface area contributed by atoms with E-state index < -0.39 is 0 Å². The fourth-order valence-electron chi connectivity index (χ4n) is 1.65. The lowest BCUT2D eigenvalue weighted by Crippen LogP contribution is -2.01. The largest absolute Gasteiger partial charge is 0.398 e. The summed E-state index contributed by atoms with van der Waals surface area (Å²) in [5, 5.41) is 1.47. The van der Waals surface area contributed by atoms with Gasteiger partial charge in [0.05, 0.1) is 11.7 Å². The third-order valence-electron chi connectivity index (χ3n) is 2.30. The van der Waals surface area contributed by atoms with Crippen LogP contribution in [0.2, 0.25) is 0 Å².